The standard InChI is InChI=1S/C14H16N4O2/c1-10-8-17-13(9-16-10)14(19)18-11-2-4-12(5-3-11)20-7-6-15/h2-5,8-9H,6-7,15H2,1H3,(H,18,19). The van der Waals surface area contributed by atoms with Gasteiger partial charge in [-0.15, -0.1) is 0 Å². The van der Waals surface area contributed by atoms with Crippen LogP contribution in [-0.2, 0) is 0 Å². The van der Waals surface area contributed by atoms with Crippen LogP contribution in [0.15, 0.2) is 36.7 Å². The van der Waals surface area contributed by atoms with Crippen LogP contribution in [0.25, 0.3) is 0 Å². The monoisotopic (exact) mass is 272 g/mol. The molecule has 6 heteroatoms. The van der Waals surface area contributed by atoms with Crippen LogP contribution in [0.2, 0.25) is 0 Å². The van der Waals surface area contributed by atoms with Crippen molar-refractivity contribution in [3.63, 3.8) is 0 Å². The molecule has 0 aliphatic carbocycles. The lowest BCUT2D eigenvalue weighted by Crippen LogP contribution is -2.14. The van der Waals surface area contributed by atoms with Crippen LogP contribution in [0.1, 0.15) is 16.2 Å². The highest BCUT2D eigenvalue weighted by Gasteiger charge is 2.07. The zero-order valence-electron chi connectivity index (χ0n) is 11.2. The van der Waals surface area contributed by atoms with Gasteiger partial charge in [-0.3, -0.25) is 9.78 Å². The first-order valence-corrected chi connectivity index (χ1v) is 6.22. The van der Waals surface area contributed by atoms with Gasteiger partial charge in [0.2, 0.25) is 0 Å². The average Bonchev–Trinajstić information content (AvgIpc) is 2.47. The van der Waals surface area contributed by atoms with Crippen molar-refractivity contribution in [2.45, 2.75) is 6.92 Å². The maximum atomic E-state index is 11.9. The molecule has 0 aliphatic heterocycles. The van der Waals surface area contributed by atoms with Gasteiger partial charge in [0, 0.05) is 18.4 Å². The van der Waals surface area contributed by atoms with E-state index in [1.54, 1.807) is 30.5 Å². The van der Waals surface area contributed by atoms with Crippen LogP contribution in [0.3, 0.4) is 0 Å². The third-order valence-electron chi connectivity index (χ3n) is 2.51. The van der Waals surface area contributed by atoms with Crippen molar-refractivity contribution in [2.75, 3.05) is 18.5 Å². The molecule has 0 aliphatic rings. The van der Waals surface area contributed by atoms with Crippen LogP contribution in [0.4, 0.5) is 5.69 Å². The summed E-state index contributed by atoms with van der Waals surface area (Å²) in [4.78, 5) is 20.0. The number of nitrogens with zero attached hydrogens (tertiary/aromatic N) is 2. The van der Waals surface area contributed by atoms with Crippen molar-refractivity contribution < 1.29 is 9.53 Å². The van der Waals surface area contributed by atoms with Crippen molar-refractivity contribution in [1.82, 2.24) is 9.97 Å². The summed E-state index contributed by atoms with van der Waals surface area (Å²) < 4.78 is 5.35. The largest absolute Gasteiger partial charge is 0.492 e. The van der Waals surface area contributed by atoms with E-state index in [9.17, 15) is 4.79 Å². The number of hydrogen-bond acceptors (Lipinski definition) is 5. The van der Waals surface area contributed by atoms with E-state index in [0.29, 0.717) is 24.6 Å². The molecule has 0 saturated carbocycles. The fraction of sp³-hybridized carbons (Fsp3) is 0.214. The minimum atomic E-state index is -0.298. The number of aryl methyl sites for hydroxylation is 1. The minimum absolute atomic E-state index is 0.277. The smallest absolute Gasteiger partial charge is 0.275 e. The predicted molar refractivity (Wildman–Crippen MR) is 75.7 cm³/mol. The van der Waals surface area contributed by atoms with Crippen LogP contribution in [0, 0.1) is 6.92 Å². The molecule has 1 aromatic heterocycles. The number of aromatic nitrogens is 2. The van der Waals surface area contributed by atoms with E-state index in [0.717, 1.165) is 5.69 Å². The third-order valence-corrected chi connectivity index (χ3v) is 2.51. The molecule has 20 heavy (non-hydrogen) atoms. The number of nitrogens with one attached hydrogen (secondary N) is 1. The number of rotatable bonds is 5. The molecule has 0 atom stereocenters. The molecule has 2 aromatic rings. The number of anilines is 1. The van der Waals surface area contributed by atoms with Crippen molar-refractivity contribution in [2.24, 2.45) is 5.73 Å². The Morgan fingerprint density at radius 2 is 2.00 bits per heavy atom. The second kappa shape index (κ2) is 6.63. The van der Waals surface area contributed by atoms with Crippen LogP contribution in [-0.4, -0.2) is 29.0 Å². The first kappa shape index (κ1) is 14.0. The Kier molecular flexibility index (Phi) is 4.62. The molecule has 3 N–H and O–H groups in total. The Morgan fingerprint density at radius 3 is 2.60 bits per heavy atom. The van der Waals surface area contributed by atoms with Crippen molar-refractivity contribution in [3.05, 3.63) is 48.0 Å². The summed E-state index contributed by atoms with van der Waals surface area (Å²) in [6, 6.07) is 7.05. The molecule has 0 fully saturated rings. The van der Waals surface area contributed by atoms with E-state index in [-0.39, 0.29) is 11.6 Å². The normalized spacial score (nSPS) is 10.1. The lowest BCUT2D eigenvalue weighted by molar-refractivity contribution is 0.102. The molecule has 0 bridgehead atoms. The molecule has 1 heterocycles. The Bertz CT molecular complexity index is 567. The number of hydrogen-bond donors (Lipinski definition) is 2. The van der Waals surface area contributed by atoms with Gasteiger partial charge in [0.05, 0.1) is 11.9 Å². The number of nitrogens with two attached hydrogens (primary N) is 1. The Balaban J connectivity index is 1.99. The summed E-state index contributed by atoms with van der Waals surface area (Å²) in [6.45, 7) is 2.74. The zero-order chi connectivity index (χ0) is 14.4. The van der Waals surface area contributed by atoms with Crippen molar-refractivity contribution in [1.29, 1.82) is 0 Å². The number of amides is 1. The fourth-order valence-corrected chi connectivity index (χ4v) is 1.52. The molecule has 2 rings (SSSR count). The summed E-state index contributed by atoms with van der Waals surface area (Å²) in [5.41, 5.74) is 7.06. The molecular weight excluding hydrogens is 256 g/mol. The van der Waals surface area contributed by atoms with Gasteiger partial charge in [0.1, 0.15) is 18.1 Å². The first-order valence-electron chi connectivity index (χ1n) is 6.22. The highest BCUT2D eigenvalue weighted by atomic mass is 16.5. The van der Waals surface area contributed by atoms with Gasteiger partial charge in [0.15, 0.2) is 0 Å². The second-order valence-corrected chi connectivity index (χ2v) is 4.16. The lowest BCUT2D eigenvalue weighted by Gasteiger charge is -2.07. The van der Waals surface area contributed by atoms with Gasteiger partial charge in [-0.2, -0.15) is 0 Å². The maximum Gasteiger partial charge on any atom is 0.275 e. The van der Waals surface area contributed by atoms with Crippen LogP contribution < -0.4 is 15.8 Å². The van der Waals surface area contributed by atoms with Gasteiger partial charge in [-0.05, 0) is 31.2 Å². The Hall–Kier alpha value is -2.47. The van der Waals surface area contributed by atoms with Crippen LogP contribution in [0.5, 0.6) is 5.75 Å². The number of carbonyl (C=O) groups is 1. The molecule has 0 saturated heterocycles. The van der Waals surface area contributed by atoms with Gasteiger partial charge < -0.3 is 15.8 Å². The van der Waals surface area contributed by atoms with E-state index in [1.165, 1.54) is 6.20 Å². The SMILES string of the molecule is Cc1cnc(C(=O)Nc2ccc(OCCN)cc2)cn1. The molecule has 0 spiro atoms. The Morgan fingerprint density at radius 1 is 1.25 bits per heavy atom. The number of benzene rings is 1. The van der Waals surface area contributed by atoms with E-state index < -0.39 is 0 Å². The van der Waals surface area contributed by atoms with E-state index in [1.807, 2.05) is 6.92 Å². The first-order chi connectivity index (χ1) is 9.69. The highest BCUT2D eigenvalue weighted by Crippen LogP contribution is 2.16. The zero-order valence-corrected chi connectivity index (χ0v) is 11.2. The molecule has 6 nitrogen and oxygen atoms in total. The van der Waals surface area contributed by atoms with Crippen molar-refractivity contribution in [3.8, 4) is 5.75 Å². The van der Waals surface area contributed by atoms with Crippen molar-refractivity contribution >= 4 is 11.6 Å². The molecule has 0 radical (unpaired) electrons. The second-order valence-electron chi connectivity index (χ2n) is 4.16. The van der Waals surface area contributed by atoms with Gasteiger partial charge in [0.25, 0.3) is 5.91 Å². The van der Waals surface area contributed by atoms with Crippen LogP contribution >= 0.6 is 0 Å². The molecule has 104 valence electrons. The molecule has 1 amide bonds. The van der Waals surface area contributed by atoms with E-state index in [4.69, 9.17) is 10.5 Å². The lowest BCUT2D eigenvalue weighted by atomic mass is 10.3. The third kappa shape index (κ3) is 3.76. The summed E-state index contributed by atoms with van der Waals surface area (Å²) in [5, 5.41) is 2.74. The predicted octanol–water partition coefficient (Wildman–Crippen LogP) is 1.37. The van der Waals surface area contributed by atoms with Gasteiger partial charge in [-0.1, -0.05) is 0 Å². The Labute approximate surface area is 117 Å². The van der Waals surface area contributed by atoms with E-state index >= 15 is 0 Å². The maximum absolute atomic E-state index is 11.9. The average molecular weight is 272 g/mol. The quantitative estimate of drug-likeness (QED) is 0.858. The highest BCUT2D eigenvalue weighted by molar-refractivity contribution is 6.02. The fourth-order valence-electron chi connectivity index (χ4n) is 1.52. The molecule has 1 aromatic carbocycles. The topological polar surface area (TPSA) is 90.1 Å². The van der Waals surface area contributed by atoms with Gasteiger partial charge >= 0.3 is 0 Å². The summed E-state index contributed by atoms with van der Waals surface area (Å²) in [6.07, 6.45) is 3.00. The number of ether oxygens (including phenoxy) is 1. The summed E-state index contributed by atoms with van der Waals surface area (Å²) >= 11 is 0. The summed E-state index contributed by atoms with van der Waals surface area (Å²) in [5.74, 6) is 0.414. The van der Waals surface area contributed by atoms with E-state index in [2.05, 4.69) is 15.3 Å². The molecule has 0 unspecified atom stereocenters. The summed E-state index contributed by atoms with van der Waals surface area (Å²) in [7, 11) is 0. The minimum Gasteiger partial charge on any atom is -0.492 e. The molecular formula is C14H16N4O2. The van der Waals surface area contributed by atoms with Gasteiger partial charge in [-0.25, -0.2) is 4.98 Å². The number of carbonyl (C=O) groups excluding carboxylic acids is 1.